The molecule has 4 rings (SSSR count). The minimum absolute atomic E-state index is 0.0328. The van der Waals surface area contributed by atoms with Gasteiger partial charge in [-0.25, -0.2) is 4.79 Å². The summed E-state index contributed by atoms with van der Waals surface area (Å²) in [6, 6.07) is 6.22. The van der Waals surface area contributed by atoms with Crippen LogP contribution in [0.5, 0.6) is 5.75 Å². The maximum atomic E-state index is 13.2. The van der Waals surface area contributed by atoms with E-state index in [2.05, 4.69) is 5.32 Å². The molecule has 2 aromatic rings. The van der Waals surface area contributed by atoms with Crippen molar-refractivity contribution >= 4 is 69.2 Å². The molecule has 1 heterocycles. The molecule has 0 aromatic heterocycles. The molecule has 210 valence electrons. The first kappa shape index (κ1) is 30.0. The average molecular weight is 627 g/mol. The first-order valence-corrected chi connectivity index (χ1v) is 13.7. The summed E-state index contributed by atoms with van der Waals surface area (Å²) in [7, 11) is 1.64. The van der Waals surface area contributed by atoms with Gasteiger partial charge in [-0.05, 0) is 31.0 Å². The number of fused-ring (bicyclic) bond motifs is 2. The number of aromatic carboxylic acids is 1. The quantitative estimate of drug-likeness (QED) is 0.123. The molecule has 8 nitrogen and oxygen atoms in total. The van der Waals surface area contributed by atoms with Gasteiger partial charge in [0.1, 0.15) is 17.1 Å². The van der Waals surface area contributed by atoms with Gasteiger partial charge in [0.15, 0.2) is 0 Å². The fourth-order valence-electron chi connectivity index (χ4n) is 4.43. The Morgan fingerprint density at radius 3 is 2.35 bits per heavy atom. The van der Waals surface area contributed by atoms with Crippen LogP contribution in [0.2, 0.25) is 20.1 Å². The maximum absolute atomic E-state index is 13.2. The van der Waals surface area contributed by atoms with Gasteiger partial charge in [0, 0.05) is 54.5 Å². The molecule has 1 aliphatic heterocycles. The molecular weight excluding hydrogens is 604 g/mol. The normalized spacial score (nSPS) is 11.3. The molecule has 12 heteroatoms. The largest absolute Gasteiger partial charge is 0.506 e. The zero-order valence-corrected chi connectivity index (χ0v) is 24.1. The molecular formula is C28H23Cl4NO7. The minimum Gasteiger partial charge on any atom is -0.506 e. The van der Waals surface area contributed by atoms with E-state index in [1.54, 1.807) is 7.11 Å². The van der Waals surface area contributed by atoms with E-state index in [4.69, 9.17) is 55.6 Å². The van der Waals surface area contributed by atoms with Gasteiger partial charge >= 0.3 is 5.97 Å². The van der Waals surface area contributed by atoms with E-state index in [1.807, 2.05) is 0 Å². The van der Waals surface area contributed by atoms with Gasteiger partial charge in [0.2, 0.25) is 5.43 Å². The van der Waals surface area contributed by atoms with Gasteiger partial charge in [-0.15, -0.1) is 0 Å². The summed E-state index contributed by atoms with van der Waals surface area (Å²) in [5, 5.41) is 22.7. The molecule has 0 saturated heterocycles. The second kappa shape index (κ2) is 12.7. The number of aromatic hydroxyl groups is 1. The van der Waals surface area contributed by atoms with Crippen molar-refractivity contribution in [1.29, 1.82) is 0 Å². The SMILES string of the molecule is COCCCCCCNC(=O)c1cc(Cl)c(C(=O)O)c(-c2c3cc(Cl)c(=O)cc-3oc3cc(O)c(Cl)cc23)c1Cl. The minimum atomic E-state index is -1.41. The number of carbonyl (C=O) groups is 2. The first-order valence-electron chi connectivity index (χ1n) is 12.2. The van der Waals surface area contributed by atoms with Crippen LogP contribution in [0.25, 0.3) is 33.4 Å². The van der Waals surface area contributed by atoms with Crippen LogP contribution < -0.4 is 10.7 Å². The number of halogens is 4. The van der Waals surface area contributed by atoms with Crippen LogP contribution in [0, 0.1) is 0 Å². The second-order valence-electron chi connectivity index (χ2n) is 8.99. The Morgan fingerprint density at radius 1 is 0.925 bits per heavy atom. The van der Waals surface area contributed by atoms with E-state index >= 15 is 0 Å². The number of nitrogens with one attached hydrogen (secondary N) is 1. The summed E-state index contributed by atoms with van der Waals surface area (Å²) >= 11 is 25.6. The third-order valence-corrected chi connectivity index (χ3v) is 7.62. The Hall–Kier alpha value is -3.01. The van der Waals surface area contributed by atoms with Crippen LogP contribution in [-0.2, 0) is 4.74 Å². The molecule has 0 bridgehead atoms. The molecule has 0 unspecified atom stereocenters. The van der Waals surface area contributed by atoms with E-state index in [-0.39, 0.29) is 70.4 Å². The fraction of sp³-hybridized carbons (Fsp3) is 0.250. The Balaban J connectivity index is 1.92. The van der Waals surface area contributed by atoms with Crippen LogP contribution in [0.3, 0.4) is 0 Å². The van der Waals surface area contributed by atoms with E-state index in [9.17, 15) is 24.6 Å². The maximum Gasteiger partial charge on any atom is 0.337 e. The van der Waals surface area contributed by atoms with Crippen molar-refractivity contribution in [3.8, 4) is 28.2 Å². The highest BCUT2D eigenvalue weighted by atomic mass is 35.5. The van der Waals surface area contributed by atoms with Crippen LogP contribution >= 0.6 is 46.4 Å². The van der Waals surface area contributed by atoms with Crippen molar-refractivity contribution < 1.29 is 29.0 Å². The molecule has 1 amide bonds. The highest BCUT2D eigenvalue weighted by Gasteiger charge is 2.30. The number of phenols is 1. The zero-order valence-electron chi connectivity index (χ0n) is 21.1. The Bertz CT molecular complexity index is 1650. The average Bonchev–Trinajstić information content (AvgIpc) is 2.89. The van der Waals surface area contributed by atoms with Gasteiger partial charge < -0.3 is 24.7 Å². The summed E-state index contributed by atoms with van der Waals surface area (Å²) in [5.41, 5.74) is -0.651. The fourth-order valence-corrected chi connectivity index (χ4v) is 5.37. The van der Waals surface area contributed by atoms with Gasteiger partial charge in [0.05, 0.1) is 31.2 Å². The molecule has 2 aromatic carbocycles. The zero-order chi connectivity index (χ0) is 29.1. The van der Waals surface area contributed by atoms with Crippen LogP contribution in [-0.4, -0.2) is 42.4 Å². The lowest BCUT2D eigenvalue weighted by atomic mass is 9.89. The number of carbonyl (C=O) groups excluding carboxylic acids is 1. The predicted octanol–water partition coefficient (Wildman–Crippen LogP) is 7.52. The highest BCUT2D eigenvalue weighted by Crippen LogP contribution is 2.48. The molecule has 3 N–H and O–H groups in total. The molecule has 0 spiro atoms. The number of hydrogen-bond acceptors (Lipinski definition) is 6. The third kappa shape index (κ3) is 6.01. The summed E-state index contributed by atoms with van der Waals surface area (Å²) in [6.45, 7) is 1.03. The molecule has 1 aliphatic carbocycles. The van der Waals surface area contributed by atoms with Gasteiger partial charge in [0.25, 0.3) is 5.91 Å². The number of phenolic OH excluding ortho intramolecular Hbond substituents is 1. The van der Waals surface area contributed by atoms with Crippen LogP contribution in [0.15, 0.2) is 39.5 Å². The lowest BCUT2D eigenvalue weighted by Gasteiger charge is -2.20. The Labute approximate surface area is 248 Å². The lowest BCUT2D eigenvalue weighted by Crippen LogP contribution is -2.25. The number of hydrogen-bond donors (Lipinski definition) is 3. The number of methoxy groups -OCH3 is 1. The summed E-state index contributed by atoms with van der Waals surface area (Å²) in [5.74, 6) is -2.24. The van der Waals surface area contributed by atoms with Crippen LogP contribution in [0.1, 0.15) is 46.4 Å². The van der Waals surface area contributed by atoms with Crippen molar-refractivity contribution in [2.45, 2.75) is 25.7 Å². The van der Waals surface area contributed by atoms with Gasteiger partial charge in [-0.1, -0.05) is 59.2 Å². The first-order chi connectivity index (χ1) is 19.0. The number of benzene rings is 3. The molecule has 0 radical (unpaired) electrons. The number of amides is 1. The number of unbranched alkanes of at least 4 members (excludes halogenated alkanes) is 3. The predicted molar refractivity (Wildman–Crippen MR) is 156 cm³/mol. The molecule has 40 heavy (non-hydrogen) atoms. The molecule has 2 aliphatic rings. The molecule has 0 atom stereocenters. The van der Waals surface area contributed by atoms with Crippen molar-refractivity contribution in [1.82, 2.24) is 5.32 Å². The molecule has 0 saturated carbocycles. The number of rotatable bonds is 10. The van der Waals surface area contributed by atoms with E-state index in [1.165, 1.54) is 24.3 Å². The standard InChI is InChI=1S/C28H23Cl4NO7/c1-39-7-5-3-2-4-6-33-27(36)15-10-18(31)24(28(37)38)25(26(15)32)23-13-8-16(29)19(34)11-21(13)40-22-12-20(35)17(30)9-14(22)23/h8-12,34H,2-7H2,1H3,(H,33,36)(H,37,38). The van der Waals surface area contributed by atoms with Crippen LogP contribution in [0.4, 0.5) is 0 Å². The number of carboxylic acid groups (broad SMARTS) is 1. The monoisotopic (exact) mass is 625 g/mol. The van der Waals surface area contributed by atoms with Gasteiger partial charge in [-0.3, -0.25) is 9.59 Å². The Morgan fingerprint density at radius 2 is 1.65 bits per heavy atom. The Kier molecular flexibility index (Phi) is 9.48. The second-order valence-corrected chi connectivity index (χ2v) is 10.6. The number of carboxylic acids is 1. The smallest absolute Gasteiger partial charge is 0.337 e. The summed E-state index contributed by atoms with van der Waals surface area (Å²) in [6.07, 6.45) is 3.45. The highest BCUT2D eigenvalue weighted by molar-refractivity contribution is 6.42. The lowest BCUT2D eigenvalue weighted by molar-refractivity contribution is 0.0697. The van der Waals surface area contributed by atoms with E-state index in [0.29, 0.717) is 19.6 Å². The summed E-state index contributed by atoms with van der Waals surface area (Å²) < 4.78 is 10.9. The number of ether oxygens (including phenoxy) is 1. The third-order valence-electron chi connectivity index (χ3n) is 6.33. The van der Waals surface area contributed by atoms with E-state index < -0.39 is 17.3 Å². The van der Waals surface area contributed by atoms with Gasteiger partial charge in [-0.2, -0.15) is 0 Å². The van der Waals surface area contributed by atoms with Crippen molar-refractivity contribution in [3.05, 3.63) is 71.8 Å². The van der Waals surface area contributed by atoms with Crippen molar-refractivity contribution in [2.75, 3.05) is 20.3 Å². The van der Waals surface area contributed by atoms with E-state index in [0.717, 1.165) is 25.3 Å². The topological polar surface area (TPSA) is 126 Å². The van der Waals surface area contributed by atoms with Crippen molar-refractivity contribution in [3.63, 3.8) is 0 Å². The molecule has 0 fully saturated rings. The summed E-state index contributed by atoms with van der Waals surface area (Å²) in [4.78, 5) is 38.0. The van der Waals surface area contributed by atoms with Crippen molar-refractivity contribution in [2.24, 2.45) is 0 Å².